The molecule has 2 fully saturated rings. The molecule has 2 aliphatic rings. The Kier molecular flexibility index (Phi) is 4.62. The third-order valence-electron chi connectivity index (χ3n) is 6.12. The SMILES string of the molecule is CCC1(C)COC2CC(C(C)(CC)CC)CCC2O1. The standard InChI is InChI=1S/C17H32O2/c1-6-16(4,7-2)13-9-10-14-15(11-13)18-12-17(5,8-3)19-14/h13-15H,6-12H2,1-5H3. The molecule has 0 radical (unpaired) electrons. The first-order valence-electron chi connectivity index (χ1n) is 8.25. The second-order valence-electron chi connectivity index (χ2n) is 7.18. The van der Waals surface area contributed by atoms with E-state index in [-0.39, 0.29) is 5.60 Å². The number of hydrogen-bond acceptors (Lipinski definition) is 2. The van der Waals surface area contributed by atoms with Crippen LogP contribution in [0.1, 0.15) is 73.1 Å². The molecule has 4 unspecified atom stereocenters. The molecule has 1 saturated heterocycles. The molecule has 0 aromatic rings. The Hall–Kier alpha value is -0.0800. The molecule has 0 N–H and O–H groups in total. The highest BCUT2D eigenvalue weighted by atomic mass is 16.6. The molecule has 1 heterocycles. The van der Waals surface area contributed by atoms with Crippen molar-refractivity contribution in [1.29, 1.82) is 0 Å². The summed E-state index contributed by atoms with van der Waals surface area (Å²) in [4.78, 5) is 0. The van der Waals surface area contributed by atoms with Crippen molar-refractivity contribution in [2.45, 2.75) is 91.0 Å². The molecular weight excluding hydrogens is 236 g/mol. The first kappa shape index (κ1) is 15.3. The molecule has 2 heteroatoms. The second-order valence-corrected chi connectivity index (χ2v) is 7.18. The van der Waals surface area contributed by atoms with Crippen molar-refractivity contribution in [1.82, 2.24) is 0 Å². The molecule has 2 nitrogen and oxygen atoms in total. The fraction of sp³-hybridized carbons (Fsp3) is 1.00. The van der Waals surface area contributed by atoms with Crippen LogP contribution in [-0.2, 0) is 9.47 Å². The van der Waals surface area contributed by atoms with E-state index in [4.69, 9.17) is 9.47 Å². The van der Waals surface area contributed by atoms with Gasteiger partial charge in [-0.1, -0.05) is 40.5 Å². The molecule has 1 aliphatic carbocycles. The first-order valence-corrected chi connectivity index (χ1v) is 8.25. The van der Waals surface area contributed by atoms with E-state index >= 15 is 0 Å². The maximum Gasteiger partial charge on any atom is 0.0889 e. The Labute approximate surface area is 119 Å². The van der Waals surface area contributed by atoms with Crippen LogP contribution in [-0.4, -0.2) is 24.4 Å². The lowest BCUT2D eigenvalue weighted by atomic mass is 9.65. The van der Waals surface area contributed by atoms with Crippen LogP contribution in [0, 0.1) is 11.3 Å². The van der Waals surface area contributed by atoms with Crippen LogP contribution in [0.2, 0.25) is 0 Å². The van der Waals surface area contributed by atoms with Crippen LogP contribution < -0.4 is 0 Å². The van der Waals surface area contributed by atoms with Crippen molar-refractivity contribution < 1.29 is 9.47 Å². The highest BCUT2D eigenvalue weighted by molar-refractivity contribution is 4.93. The average Bonchev–Trinajstić information content (AvgIpc) is 2.46. The summed E-state index contributed by atoms with van der Waals surface area (Å²) in [6, 6.07) is 0. The lowest BCUT2D eigenvalue weighted by molar-refractivity contribution is -0.244. The molecule has 0 aromatic heterocycles. The van der Waals surface area contributed by atoms with Gasteiger partial charge in [0.25, 0.3) is 0 Å². The summed E-state index contributed by atoms with van der Waals surface area (Å²) in [6.45, 7) is 12.3. The summed E-state index contributed by atoms with van der Waals surface area (Å²) in [5, 5.41) is 0. The van der Waals surface area contributed by atoms with E-state index in [0.29, 0.717) is 17.6 Å². The third-order valence-corrected chi connectivity index (χ3v) is 6.12. The fourth-order valence-electron chi connectivity index (χ4n) is 3.74. The molecule has 2 rings (SSSR count). The normalized spacial score (nSPS) is 39.9. The summed E-state index contributed by atoms with van der Waals surface area (Å²) < 4.78 is 12.5. The van der Waals surface area contributed by atoms with Crippen LogP contribution in [0.25, 0.3) is 0 Å². The van der Waals surface area contributed by atoms with Gasteiger partial charge in [-0.05, 0) is 43.9 Å². The van der Waals surface area contributed by atoms with Gasteiger partial charge in [0.05, 0.1) is 24.4 Å². The monoisotopic (exact) mass is 268 g/mol. The first-order chi connectivity index (χ1) is 8.96. The molecule has 0 bridgehead atoms. The summed E-state index contributed by atoms with van der Waals surface area (Å²) in [5.74, 6) is 0.804. The minimum Gasteiger partial charge on any atom is -0.373 e. The highest BCUT2D eigenvalue weighted by Crippen LogP contribution is 2.46. The van der Waals surface area contributed by atoms with Gasteiger partial charge in [0.1, 0.15) is 0 Å². The Morgan fingerprint density at radius 1 is 1.11 bits per heavy atom. The second kappa shape index (κ2) is 5.73. The Bertz CT molecular complexity index is 298. The van der Waals surface area contributed by atoms with Gasteiger partial charge >= 0.3 is 0 Å². The number of hydrogen-bond donors (Lipinski definition) is 0. The Morgan fingerprint density at radius 2 is 1.79 bits per heavy atom. The van der Waals surface area contributed by atoms with Gasteiger partial charge < -0.3 is 9.47 Å². The summed E-state index contributed by atoms with van der Waals surface area (Å²) in [5.41, 5.74) is 0.437. The number of rotatable bonds is 4. The van der Waals surface area contributed by atoms with E-state index in [9.17, 15) is 0 Å². The molecule has 0 amide bonds. The molecular formula is C17H32O2. The lowest BCUT2D eigenvalue weighted by Crippen LogP contribution is -2.53. The highest BCUT2D eigenvalue weighted by Gasteiger charge is 2.45. The fourth-order valence-corrected chi connectivity index (χ4v) is 3.74. The molecule has 1 saturated carbocycles. The van der Waals surface area contributed by atoms with Gasteiger partial charge in [-0.2, -0.15) is 0 Å². The minimum absolute atomic E-state index is 0.0488. The van der Waals surface area contributed by atoms with Crippen molar-refractivity contribution in [3.05, 3.63) is 0 Å². The smallest absolute Gasteiger partial charge is 0.0889 e. The Balaban J connectivity index is 1.99. The van der Waals surface area contributed by atoms with Crippen LogP contribution in [0.3, 0.4) is 0 Å². The van der Waals surface area contributed by atoms with Crippen molar-refractivity contribution >= 4 is 0 Å². The summed E-state index contributed by atoms with van der Waals surface area (Å²) >= 11 is 0. The molecule has 4 atom stereocenters. The van der Waals surface area contributed by atoms with Crippen LogP contribution in [0.4, 0.5) is 0 Å². The van der Waals surface area contributed by atoms with E-state index in [1.165, 1.54) is 32.1 Å². The average molecular weight is 268 g/mol. The summed E-state index contributed by atoms with van der Waals surface area (Å²) in [7, 11) is 0. The van der Waals surface area contributed by atoms with E-state index < -0.39 is 0 Å². The topological polar surface area (TPSA) is 18.5 Å². The third kappa shape index (κ3) is 3.00. The van der Waals surface area contributed by atoms with E-state index in [1.54, 1.807) is 0 Å². The Morgan fingerprint density at radius 3 is 2.37 bits per heavy atom. The minimum atomic E-state index is -0.0488. The lowest BCUT2D eigenvalue weighted by Gasteiger charge is -2.49. The van der Waals surface area contributed by atoms with E-state index in [0.717, 1.165) is 18.9 Å². The molecule has 1 aliphatic heterocycles. The van der Waals surface area contributed by atoms with Gasteiger partial charge in [-0.15, -0.1) is 0 Å². The largest absolute Gasteiger partial charge is 0.373 e. The predicted molar refractivity (Wildman–Crippen MR) is 79.3 cm³/mol. The van der Waals surface area contributed by atoms with Gasteiger partial charge in [0, 0.05) is 0 Å². The van der Waals surface area contributed by atoms with Crippen molar-refractivity contribution in [2.75, 3.05) is 6.61 Å². The number of ether oxygens (including phenoxy) is 2. The van der Waals surface area contributed by atoms with Crippen molar-refractivity contribution in [3.63, 3.8) is 0 Å². The van der Waals surface area contributed by atoms with Crippen molar-refractivity contribution in [3.8, 4) is 0 Å². The zero-order chi connectivity index (χ0) is 14.1. The van der Waals surface area contributed by atoms with Crippen molar-refractivity contribution in [2.24, 2.45) is 11.3 Å². The van der Waals surface area contributed by atoms with Gasteiger partial charge in [-0.3, -0.25) is 0 Å². The molecule has 112 valence electrons. The zero-order valence-electron chi connectivity index (χ0n) is 13.5. The van der Waals surface area contributed by atoms with Crippen LogP contribution in [0.15, 0.2) is 0 Å². The van der Waals surface area contributed by atoms with Crippen LogP contribution >= 0.6 is 0 Å². The van der Waals surface area contributed by atoms with Gasteiger partial charge in [0.2, 0.25) is 0 Å². The molecule has 0 aromatic carbocycles. The molecule has 19 heavy (non-hydrogen) atoms. The molecule has 0 spiro atoms. The van der Waals surface area contributed by atoms with Gasteiger partial charge in [-0.25, -0.2) is 0 Å². The zero-order valence-corrected chi connectivity index (χ0v) is 13.5. The number of fused-ring (bicyclic) bond motifs is 1. The quantitative estimate of drug-likeness (QED) is 0.744. The maximum absolute atomic E-state index is 6.33. The van der Waals surface area contributed by atoms with E-state index in [2.05, 4.69) is 34.6 Å². The predicted octanol–water partition coefficient (Wildman–Crippen LogP) is 4.57. The summed E-state index contributed by atoms with van der Waals surface area (Å²) in [6.07, 6.45) is 7.97. The van der Waals surface area contributed by atoms with E-state index in [1.807, 2.05) is 0 Å². The maximum atomic E-state index is 6.33. The van der Waals surface area contributed by atoms with Crippen LogP contribution in [0.5, 0.6) is 0 Å². The van der Waals surface area contributed by atoms with Gasteiger partial charge in [0.15, 0.2) is 0 Å².